The lowest BCUT2D eigenvalue weighted by molar-refractivity contribution is 0.107. The fraction of sp³-hybridized carbons (Fsp3) is 0.545. The number of benzene rings is 1. The van der Waals surface area contributed by atoms with E-state index in [9.17, 15) is 9.50 Å². The van der Waals surface area contributed by atoms with Gasteiger partial charge in [0.1, 0.15) is 47.5 Å². The molecule has 2 unspecified atom stereocenters. The zero-order chi connectivity index (χ0) is 30.2. The Hall–Kier alpha value is -3.57. The summed E-state index contributed by atoms with van der Waals surface area (Å²) in [6.45, 7) is 9.39. The van der Waals surface area contributed by atoms with E-state index in [-0.39, 0.29) is 54.0 Å². The summed E-state index contributed by atoms with van der Waals surface area (Å²) in [6.07, 6.45) is 3.60. The quantitative estimate of drug-likeness (QED) is 0.409. The predicted molar refractivity (Wildman–Crippen MR) is 161 cm³/mol. The minimum atomic E-state index is -0.937. The number of aryl methyl sites for hydroxylation is 1. The molecule has 11 heteroatoms. The van der Waals surface area contributed by atoms with Crippen LogP contribution in [-0.2, 0) is 11.2 Å². The lowest BCUT2D eigenvalue weighted by atomic mass is 9.80. The van der Waals surface area contributed by atoms with E-state index in [1.165, 1.54) is 0 Å². The van der Waals surface area contributed by atoms with Crippen LogP contribution in [0.1, 0.15) is 56.1 Å². The van der Waals surface area contributed by atoms with Gasteiger partial charge in [0, 0.05) is 38.2 Å². The van der Waals surface area contributed by atoms with Gasteiger partial charge >= 0.3 is 6.01 Å². The third-order valence-electron chi connectivity index (χ3n) is 10.1. The van der Waals surface area contributed by atoms with Crippen LogP contribution in [0.3, 0.4) is 0 Å². The molecule has 3 fully saturated rings. The maximum absolute atomic E-state index is 16.9. The van der Waals surface area contributed by atoms with Crippen LogP contribution < -0.4 is 14.4 Å². The minimum absolute atomic E-state index is 0.0285. The van der Waals surface area contributed by atoms with E-state index >= 15 is 4.39 Å². The number of fused-ring (bicyclic) bond motifs is 4. The first kappa shape index (κ1) is 27.9. The number of phenols is 1. The molecule has 4 atom stereocenters. The Labute approximate surface area is 254 Å². The number of anilines is 1. The number of aromatic nitrogens is 3. The summed E-state index contributed by atoms with van der Waals surface area (Å²) < 4.78 is 49.9. The summed E-state index contributed by atoms with van der Waals surface area (Å²) in [7, 11) is 0. The molecule has 1 aromatic carbocycles. The molecule has 0 amide bonds. The second-order valence-corrected chi connectivity index (χ2v) is 13.2. The molecule has 0 spiro atoms. The molecule has 3 saturated heterocycles. The van der Waals surface area contributed by atoms with Crippen molar-refractivity contribution in [2.75, 3.05) is 51.0 Å². The predicted octanol–water partition coefficient (Wildman–Crippen LogP) is 5.09. The maximum atomic E-state index is 16.9. The monoisotopic (exact) mass is 605 g/mol. The van der Waals surface area contributed by atoms with Gasteiger partial charge < -0.3 is 24.2 Å². The van der Waals surface area contributed by atoms with Crippen molar-refractivity contribution in [3.63, 3.8) is 0 Å². The molecule has 0 radical (unpaired) electrons. The van der Waals surface area contributed by atoms with Crippen LogP contribution in [0.15, 0.2) is 24.3 Å². The molecule has 9 nitrogen and oxygen atoms in total. The zero-order valence-corrected chi connectivity index (χ0v) is 25.0. The van der Waals surface area contributed by atoms with Crippen LogP contribution in [-0.4, -0.2) is 88.8 Å². The normalized spacial score (nSPS) is 28.2. The van der Waals surface area contributed by atoms with E-state index in [0.29, 0.717) is 62.5 Å². The molecule has 0 saturated carbocycles. The Balaban J connectivity index is 1.29. The van der Waals surface area contributed by atoms with E-state index in [4.69, 9.17) is 24.2 Å². The lowest BCUT2D eigenvalue weighted by Crippen LogP contribution is -2.43. The number of aromatic hydroxyl groups is 1. The van der Waals surface area contributed by atoms with Gasteiger partial charge in [-0.15, -0.1) is 0 Å². The van der Waals surface area contributed by atoms with Gasteiger partial charge in [-0.25, -0.2) is 13.8 Å². The molecule has 8 rings (SSSR count). The Morgan fingerprint density at radius 1 is 1.20 bits per heavy atom. The van der Waals surface area contributed by atoms with Crippen LogP contribution in [0.4, 0.5) is 14.6 Å². The number of rotatable bonds is 4. The number of hydrogen-bond donors (Lipinski definition) is 1. The van der Waals surface area contributed by atoms with Crippen molar-refractivity contribution in [3.8, 4) is 28.9 Å². The summed E-state index contributed by atoms with van der Waals surface area (Å²) >= 11 is 0. The Kier molecular flexibility index (Phi) is 6.68. The smallest absolute Gasteiger partial charge is 0.319 e. The van der Waals surface area contributed by atoms with Gasteiger partial charge in [0.15, 0.2) is 5.82 Å². The Morgan fingerprint density at radius 2 is 2.09 bits per heavy atom. The van der Waals surface area contributed by atoms with Gasteiger partial charge in [0.05, 0.1) is 18.2 Å². The Morgan fingerprint density at radius 3 is 2.98 bits per heavy atom. The van der Waals surface area contributed by atoms with Crippen molar-refractivity contribution in [1.29, 1.82) is 0 Å². The highest BCUT2D eigenvalue weighted by Crippen LogP contribution is 2.46. The maximum Gasteiger partial charge on any atom is 0.319 e. The first-order chi connectivity index (χ1) is 21.3. The highest BCUT2D eigenvalue weighted by Gasteiger charge is 2.51. The fourth-order valence-electron chi connectivity index (χ4n) is 8.15. The molecule has 232 valence electrons. The van der Waals surface area contributed by atoms with Crippen LogP contribution in [0.2, 0.25) is 0 Å². The molecule has 2 aromatic heterocycles. The molecular formula is C33H37F2N5O4. The molecule has 3 aromatic rings. The summed E-state index contributed by atoms with van der Waals surface area (Å²) in [5.74, 6) is 0.380. The van der Waals surface area contributed by atoms with Crippen molar-refractivity contribution in [3.05, 3.63) is 41.2 Å². The van der Waals surface area contributed by atoms with Crippen molar-refractivity contribution in [2.45, 2.75) is 69.1 Å². The number of nitrogens with zero attached hydrogens (tertiary/aromatic N) is 5. The van der Waals surface area contributed by atoms with E-state index in [2.05, 4.69) is 28.3 Å². The third kappa shape index (κ3) is 4.50. The minimum Gasteiger partial charge on any atom is -0.508 e. The molecular weight excluding hydrogens is 568 g/mol. The zero-order valence-electron chi connectivity index (χ0n) is 25.0. The van der Waals surface area contributed by atoms with Gasteiger partial charge in [-0.1, -0.05) is 19.1 Å². The molecule has 0 bridgehead atoms. The number of ether oxygens (including phenoxy) is 3. The van der Waals surface area contributed by atoms with Gasteiger partial charge in [-0.3, -0.25) is 4.90 Å². The molecule has 44 heavy (non-hydrogen) atoms. The highest BCUT2D eigenvalue weighted by atomic mass is 19.1. The SMILES string of the molecule is C=C1CN2CC(F)CC2(COc2nc3c4c(nc(-c5cc(O)cc6c5[C@H](C)CCC6)c(F)c4n2)OC[C@@H]2COCCCN32)C1. The fourth-order valence-corrected chi connectivity index (χ4v) is 8.15. The second kappa shape index (κ2) is 10.5. The molecule has 5 aliphatic rings. The summed E-state index contributed by atoms with van der Waals surface area (Å²) in [5, 5.41) is 11.1. The van der Waals surface area contributed by atoms with Crippen LogP contribution in [0.25, 0.3) is 22.2 Å². The first-order valence-corrected chi connectivity index (χ1v) is 15.7. The number of alkyl halides is 1. The van der Waals surface area contributed by atoms with Crippen molar-refractivity contribution < 1.29 is 28.1 Å². The molecule has 1 N–H and O–H groups in total. The van der Waals surface area contributed by atoms with E-state index < -0.39 is 17.5 Å². The van der Waals surface area contributed by atoms with E-state index in [1.807, 2.05) is 0 Å². The summed E-state index contributed by atoms with van der Waals surface area (Å²) in [5.41, 5.74) is 3.23. The van der Waals surface area contributed by atoms with Gasteiger partial charge in [0.25, 0.3) is 0 Å². The highest BCUT2D eigenvalue weighted by molar-refractivity contribution is 5.97. The average molecular weight is 606 g/mol. The van der Waals surface area contributed by atoms with Gasteiger partial charge in [0.2, 0.25) is 5.88 Å². The standard InChI is InChI=1S/C33H37F2N5O4/c1-18-11-33(12-21(34)14-39(33)13-18)17-44-32-37-29-26-30(38-32)40-7-4-8-42-15-22(40)16-43-31(26)36-28(27(29)35)24-10-23(41)9-20-6-3-5-19(2)25(20)24/h9-10,19,21-22,41H,1,3-8,11-17H2,2H3/t19-,21?,22+,33?/m1/s1. The van der Waals surface area contributed by atoms with Gasteiger partial charge in [-0.2, -0.15) is 9.97 Å². The average Bonchev–Trinajstić information content (AvgIpc) is 3.25. The van der Waals surface area contributed by atoms with Crippen LogP contribution in [0.5, 0.6) is 17.6 Å². The first-order valence-electron chi connectivity index (χ1n) is 15.7. The van der Waals surface area contributed by atoms with Gasteiger partial charge in [-0.05, 0) is 61.3 Å². The lowest BCUT2D eigenvalue weighted by Gasteiger charge is -2.31. The summed E-state index contributed by atoms with van der Waals surface area (Å²) in [6, 6.07) is 3.24. The largest absolute Gasteiger partial charge is 0.508 e. The number of pyridine rings is 1. The molecule has 1 aliphatic carbocycles. The number of hydrogen-bond acceptors (Lipinski definition) is 9. The van der Waals surface area contributed by atoms with E-state index in [0.717, 1.165) is 42.4 Å². The Bertz CT molecular complexity index is 1670. The topological polar surface area (TPSA) is 93.1 Å². The van der Waals surface area contributed by atoms with Crippen molar-refractivity contribution in [2.24, 2.45) is 0 Å². The molecule has 4 aliphatic heterocycles. The summed E-state index contributed by atoms with van der Waals surface area (Å²) in [4.78, 5) is 18.4. The molecule has 6 heterocycles. The van der Waals surface area contributed by atoms with E-state index in [1.54, 1.807) is 12.1 Å². The second-order valence-electron chi connectivity index (χ2n) is 13.2. The van der Waals surface area contributed by atoms with Crippen molar-refractivity contribution in [1.82, 2.24) is 19.9 Å². The van der Waals surface area contributed by atoms with Crippen molar-refractivity contribution >= 4 is 16.7 Å². The number of halogens is 2. The van der Waals surface area contributed by atoms with Crippen LogP contribution >= 0.6 is 0 Å². The van der Waals surface area contributed by atoms with Crippen LogP contribution in [0, 0.1) is 5.82 Å². The third-order valence-corrected chi connectivity index (χ3v) is 10.1. The number of phenolic OH excluding ortho intramolecular Hbond substituents is 1.